The highest BCUT2D eigenvalue weighted by molar-refractivity contribution is 6.04. The Morgan fingerprint density at radius 2 is 1.34 bits per heavy atom. The number of hydrogen-bond donors (Lipinski definition) is 5. The van der Waals surface area contributed by atoms with Crippen molar-refractivity contribution < 1.29 is 38.6 Å². The van der Waals surface area contributed by atoms with E-state index in [0.717, 1.165) is 6.92 Å². The summed E-state index contributed by atoms with van der Waals surface area (Å²) in [7, 11) is 0. The van der Waals surface area contributed by atoms with Crippen molar-refractivity contribution in [2.45, 2.75) is 65.0 Å². The summed E-state index contributed by atoms with van der Waals surface area (Å²) in [6.07, 6.45) is 1.94. The third kappa shape index (κ3) is 10.0. The van der Waals surface area contributed by atoms with E-state index in [0.29, 0.717) is 59.9 Å². The number of nitrogens with two attached hydrogens (primary N) is 1. The fraction of sp³-hybridized carbons (Fsp3) is 0.324. The number of amidine groups is 1. The van der Waals surface area contributed by atoms with Crippen molar-refractivity contribution in [1.82, 2.24) is 10.4 Å². The molecule has 0 spiro atoms. The Balaban J connectivity index is 1.48. The number of carbonyl (C=O) groups is 4. The fourth-order valence-corrected chi connectivity index (χ4v) is 4.90. The van der Waals surface area contributed by atoms with Gasteiger partial charge >= 0.3 is 6.09 Å². The number of ether oxygens (including phenoxy) is 3. The van der Waals surface area contributed by atoms with Crippen LogP contribution >= 0.6 is 0 Å². The van der Waals surface area contributed by atoms with Crippen LogP contribution in [0.25, 0.3) is 0 Å². The number of anilines is 1. The van der Waals surface area contributed by atoms with Gasteiger partial charge in [0.25, 0.3) is 0 Å². The van der Waals surface area contributed by atoms with Crippen molar-refractivity contribution in [3.05, 3.63) is 77.9 Å². The number of benzene rings is 3. The molecule has 1 aliphatic carbocycles. The lowest BCUT2D eigenvalue weighted by Crippen LogP contribution is -2.42. The summed E-state index contributed by atoms with van der Waals surface area (Å²) in [5.74, 6) is -0.647. The first-order chi connectivity index (χ1) is 22.2. The number of hydroxylamine groups is 2. The lowest BCUT2D eigenvalue weighted by atomic mass is 9.85. The average Bonchev–Trinajstić information content (AvgIpc) is 3.00. The molecule has 0 unspecified atom stereocenters. The van der Waals surface area contributed by atoms with Gasteiger partial charge in [-0.1, -0.05) is 0 Å². The SMILES string of the molecule is CC(=O)N(O)C(=N)c1ccc(Oc2cc(NC(=O)[C@H]3CC[C@H](NC(=O)OC(C)(C)C)CC3)cc(Oc3ccc(C(N)=O)cc3)c2)cc1. The average molecular weight is 646 g/mol. The van der Waals surface area contributed by atoms with Gasteiger partial charge in [-0.2, -0.15) is 5.06 Å². The molecule has 13 heteroatoms. The number of hydrogen-bond acceptors (Lipinski definition) is 9. The number of primary amides is 1. The van der Waals surface area contributed by atoms with Crippen molar-refractivity contribution in [1.29, 1.82) is 5.41 Å². The molecule has 0 aromatic heterocycles. The summed E-state index contributed by atoms with van der Waals surface area (Å²) < 4.78 is 17.4. The maximum Gasteiger partial charge on any atom is 0.407 e. The highest BCUT2D eigenvalue weighted by Gasteiger charge is 2.28. The van der Waals surface area contributed by atoms with Gasteiger partial charge in [0.05, 0.1) is 0 Å². The molecule has 13 nitrogen and oxygen atoms in total. The van der Waals surface area contributed by atoms with Crippen molar-refractivity contribution in [2.75, 3.05) is 5.32 Å². The topological polar surface area (TPSA) is 193 Å². The molecule has 3 aromatic carbocycles. The monoisotopic (exact) mass is 645 g/mol. The van der Waals surface area contributed by atoms with Crippen LogP contribution in [0.4, 0.5) is 10.5 Å². The molecular formula is C34H39N5O8. The van der Waals surface area contributed by atoms with E-state index in [-0.39, 0.29) is 34.3 Å². The van der Waals surface area contributed by atoms with Gasteiger partial charge in [0.15, 0.2) is 5.84 Å². The van der Waals surface area contributed by atoms with Gasteiger partial charge in [-0.25, -0.2) is 4.79 Å². The molecule has 0 saturated heterocycles. The molecule has 47 heavy (non-hydrogen) atoms. The van der Waals surface area contributed by atoms with E-state index < -0.39 is 23.5 Å². The molecule has 4 rings (SSSR count). The molecule has 248 valence electrons. The minimum atomic E-state index is -0.698. The highest BCUT2D eigenvalue weighted by atomic mass is 16.6. The minimum absolute atomic E-state index is 0.0791. The zero-order chi connectivity index (χ0) is 34.3. The summed E-state index contributed by atoms with van der Waals surface area (Å²) in [4.78, 5) is 48.3. The van der Waals surface area contributed by atoms with E-state index in [4.69, 9.17) is 25.4 Å². The first-order valence-electron chi connectivity index (χ1n) is 15.1. The van der Waals surface area contributed by atoms with Gasteiger partial charge in [0, 0.05) is 53.9 Å². The van der Waals surface area contributed by atoms with Crippen LogP contribution < -0.4 is 25.8 Å². The maximum atomic E-state index is 13.3. The maximum absolute atomic E-state index is 13.3. The van der Waals surface area contributed by atoms with Crippen LogP contribution in [-0.2, 0) is 14.3 Å². The van der Waals surface area contributed by atoms with Gasteiger partial charge < -0.3 is 30.6 Å². The van der Waals surface area contributed by atoms with E-state index in [1.165, 1.54) is 24.3 Å². The molecular weight excluding hydrogens is 606 g/mol. The Kier molecular flexibility index (Phi) is 10.8. The lowest BCUT2D eigenvalue weighted by Gasteiger charge is -2.29. The van der Waals surface area contributed by atoms with Gasteiger partial charge in [0.2, 0.25) is 17.7 Å². The molecule has 6 N–H and O–H groups in total. The summed E-state index contributed by atoms with van der Waals surface area (Å²) in [6.45, 7) is 6.54. The summed E-state index contributed by atoms with van der Waals surface area (Å²) >= 11 is 0. The normalized spacial score (nSPS) is 15.9. The number of carbonyl (C=O) groups excluding carboxylic acids is 4. The van der Waals surface area contributed by atoms with Gasteiger partial charge in [0.1, 0.15) is 28.6 Å². The second kappa shape index (κ2) is 14.8. The van der Waals surface area contributed by atoms with Crippen LogP contribution in [0.15, 0.2) is 66.7 Å². The Labute approximate surface area is 272 Å². The minimum Gasteiger partial charge on any atom is -0.457 e. The molecule has 3 aromatic rings. The number of nitrogens with zero attached hydrogens (tertiary/aromatic N) is 1. The number of alkyl carbamates (subject to hydrolysis) is 1. The third-order valence-electron chi connectivity index (χ3n) is 7.21. The zero-order valence-electron chi connectivity index (χ0n) is 26.7. The molecule has 0 radical (unpaired) electrons. The van der Waals surface area contributed by atoms with Crippen molar-refractivity contribution in [3.63, 3.8) is 0 Å². The van der Waals surface area contributed by atoms with E-state index in [1.807, 2.05) is 0 Å². The molecule has 0 heterocycles. The van der Waals surface area contributed by atoms with Gasteiger partial charge in [-0.3, -0.25) is 25.0 Å². The quantitative estimate of drug-likeness (QED) is 0.0814. The Bertz CT molecular complexity index is 1630. The Morgan fingerprint density at radius 3 is 1.81 bits per heavy atom. The number of nitrogens with one attached hydrogen (secondary N) is 3. The van der Waals surface area contributed by atoms with E-state index >= 15 is 0 Å². The van der Waals surface area contributed by atoms with Crippen LogP contribution in [0.3, 0.4) is 0 Å². The second-order valence-corrected chi connectivity index (χ2v) is 12.2. The molecule has 0 bridgehead atoms. The van der Waals surface area contributed by atoms with E-state index in [2.05, 4.69) is 10.6 Å². The largest absolute Gasteiger partial charge is 0.457 e. The first-order valence-corrected chi connectivity index (χ1v) is 15.1. The molecule has 0 aliphatic heterocycles. The van der Waals surface area contributed by atoms with Crippen molar-refractivity contribution in [3.8, 4) is 23.0 Å². The standard InChI is InChI=1S/C34H39N5O8/c1-20(40)39(44)30(35)21-7-13-26(14-8-21)45-28-17-25(18-29(19-28)46-27-15-9-22(10-16-27)31(36)41)37-32(42)23-5-11-24(12-6-23)38-33(43)47-34(2,3)4/h7-10,13-19,23-24,35,44H,5-6,11-12H2,1-4H3,(H2,36,41)(H,37,42)(H,38,43)/t23-,24-. The zero-order valence-corrected chi connectivity index (χ0v) is 26.7. The molecule has 1 fully saturated rings. The number of amides is 4. The third-order valence-corrected chi connectivity index (χ3v) is 7.21. The molecule has 0 atom stereocenters. The van der Waals surface area contributed by atoms with Crippen LogP contribution in [0, 0.1) is 11.3 Å². The first kappa shape index (κ1) is 34.4. The van der Waals surface area contributed by atoms with Crippen molar-refractivity contribution in [2.24, 2.45) is 11.7 Å². The molecule has 4 amide bonds. The van der Waals surface area contributed by atoms with Gasteiger partial charge in [-0.15, -0.1) is 0 Å². The van der Waals surface area contributed by atoms with Crippen LogP contribution in [-0.4, -0.2) is 51.6 Å². The lowest BCUT2D eigenvalue weighted by molar-refractivity contribution is -0.146. The Morgan fingerprint density at radius 1 is 0.830 bits per heavy atom. The van der Waals surface area contributed by atoms with E-state index in [9.17, 15) is 24.4 Å². The van der Waals surface area contributed by atoms with Crippen LogP contribution in [0.1, 0.15) is 69.3 Å². The van der Waals surface area contributed by atoms with Crippen molar-refractivity contribution >= 4 is 35.3 Å². The summed E-state index contributed by atoms with van der Waals surface area (Å²) in [6, 6.07) is 17.2. The fourth-order valence-electron chi connectivity index (χ4n) is 4.90. The molecule has 1 saturated carbocycles. The highest BCUT2D eigenvalue weighted by Crippen LogP contribution is 2.34. The summed E-state index contributed by atoms with van der Waals surface area (Å²) in [5, 5.41) is 23.8. The Hall–Kier alpha value is -5.43. The second-order valence-electron chi connectivity index (χ2n) is 12.2. The predicted octanol–water partition coefficient (Wildman–Crippen LogP) is 5.96. The molecule has 1 aliphatic rings. The van der Waals surface area contributed by atoms with E-state index in [1.54, 1.807) is 63.2 Å². The van der Waals surface area contributed by atoms with Crippen LogP contribution in [0.2, 0.25) is 0 Å². The number of rotatable bonds is 9. The predicted molar refractivity (Wildman–Crippen MR) is 173 cm³/mol. The van der Waals surface area contributed by atoms with Gasteiger partial charge in [-0.05, 0) is 95.0 Å². The smallest absolute Gasteiger partial charge is 0.407 e. The van der Waals surface area contributed by atoms with Crippen LogP contribution in [0.5, 0.6) is 23.0 Å². The summed E-state index contributed by atoms with van der Waals surface area (Å²) in [5.41, 5.74) is 5.77.